The van der Waals surface area contributed by atoms with Gasteiger partial charge in [-0.25, -0.2) is 0 Å². The second-order valence-corrected chi connectivity index (χ2v) is 4.40. The summed E-state index contributed by atoms with van der Waals surface area (Å²) >= 11 is 0. The lowest BCUT2D eigenvalue weighted by atomic mass is 9.62. The van der Waals surface area contributed by atoms with Crippen molar-refractivity contribution in [2.75, 3.05) is 5.73 Å². The summed E-state index contributed by atoms with van der Waals surface area (Å²) in [6.45, 7) is 0. The minimum atomic E-state index is -0.216. The Morgan fingerprint density at radius 2 is 1.87 bits per heavy atom. The molecule has 0 aromatic heterocycles. The van der Waals surface area contributed by atoms with E-state index in [0.29, 0.717) is 6.42 Å². The summed E-state index contributed by atoms with van der Waals surface area (Å²) in [4.78, 5) is 11.0. The Bertz CT molecular complexity index is 366. The van der Waals surface area contributed by atoms with E-state index in [1.54, 1.807) is 0 Å². The first kappa shape index (κ1) is 10.0. The largest absolute Gasteiger partial charge is 0.399 e. The smallest absolute Gasteiger partial charge is 0.218 e. The molecule has 1 aliphatic rings. The number of amides is 1. The summed E-state index contributed by atoms with van der Waals surface area (Å²) in [5.74, 6) is -0.216. The predicted octanol–water partition coefficient (Wildman–Crippen LogP) is 1.57. The predicted molar refractivity (Wildman–Crippen MR) is 60.2 cm³/mol. The normalized spacial score (nSPS) is 18.1. The number of nitrogens with two attached hydrogens (primary N) is 2. The molecule has 0 spiro atoms. The Morgan fingerprint density at radius 3 is 2.27 bits per heavy atom. The van der Waals surface area contributed by atoms with E-state index in [4.69, 9.17) is 11.5 Å². The molecule has 15 heavy (non-hydrogen) atoms. The molecule has 1 aromatic carbocycles. The van der Waals surface area contributed by atoms with Crippen LogP contribution in [0, 0.1) is 0 Å². The van der Waals surface area contributed by atoms with E-state index in [2.05, 4.69) is 0 Å². The quantitative estimate of drug-likeness (QED) is 0.734. The molecule has 0 bridgehead atoms. The van der Waals surface area contributed by atoms with Crippen LogP contribution in [0.2, 0.25) is 0 Å². The van der Waals surface area contributed by atoms with E-state index in [0.717, 1.165) is 18.5 Å². The molecule has 1 aromatic rings. The van der Waals surface area contributed by atoms with Crippen LogP contribution in [0.25, 0.3) is 0 Å². The lowest BCUT2D eigenvalue weighted by molar-refractivity contribution is -0.120. The van der Waals surface area contributed by atoms with Crippen molar-refractivity contribution in [1.82, 2.24) is 0 Å². The summed E-state index contributed by atoms with van der Waals surface area (Å²) in [5.41, 5.74) is 12.9. The topological polar surface area (TPSA) is 69.1 Å². The Hall–Kier alpha value is -1.51. The van der Waals surface area contributed by atoms with Crippen molar-refractivity contribution in [3.63, 3.8) is 0 Å². The van der Waals surface area contributed by atoms with Gasteiger partial charge in [-0.1, -0.05) is 18.6 Å². The van der Waals surface area contributed by atoms with Crippen LogP contribution >= 0.6 is 0 Å². The minimum Gasteiger partial charge on any atom is -0.399 e. The fourth-order valence-corrected chi connectivity index (χ4v) is 2.34. The highest BCUT2D eigenvalue weighted by Crippen LogP contribution is 2.46. The maximum absolute atomic E-state index is 11.0. The minimum absolute atomic E-state index is 0.000463. The van der Waals surface area contributed by atoms with Gasteiger partial charge in [-0.3, -0.25) is 4.79 Å². The van der Waals surface area contributed by atoms with Crippen LogP contribution in [0.5, 0.6) is 0 Å². The molecule has 0 unspecified atom stereocenters. The fourth-order valence-electron chi connectivity index (χ4n) is 2.34. The number of hydrogen-bond acceptors (Lipinski definition) is 2. The zero-order valence-electron chi connectivity index (χ0n) is 8.70. The SMILES string of the molecule is NC(=O)CC1(c2ccc(N)cc2)CCC1. The van der Waals surface area contributed by atoms with Crippen molar-refractivity contribution < 1.29 is 4.79 Å². The average molecular weight is 204 g/mol. The number of anilines is 1. The number of carbonyl (C=O) groups excluding carboxylic acids is 1. The van der Waals surface area contributed by atoms with Crippen molar-refractivity contribution in [1.29, 1.82) is 0 Å². The number of carbonyl (C=O) groups is 1. The number of nitrogen functional groups attached to an aromatic ring is 1. The third-order valence-electron chi connectivity index (χ3n) is 3.35. The molecule has 0 heterocycles. The van der Waals surface area contributed by atoms with Crippen LogP contribution in [-0.4, -0.2) is 5.91 Å². The van der Waals surface area contributed by atoms with Crippen LogP contribution < -0.4 is 11.5 Å². The second kappa shape index (κ2) is 3.57. The zero-order valence-corrected chi connectivity index (χ0v) is 8.70. The fraction of sp³-hybridized carbons (Fsp3) is 0.417. The average Bonchev–Trinajstić information content (AvgIpc) is 2.13. The van der Waals surface area contributed by atoms with E-state index in [-0.39, 0.29) is 11.3 Å². The molecule has 80 valence electrons. The van der Waals surface area contributed by atoms with Crippen LogP contribution in [0.4, 0.5) is 5.69 Å². The molecule has 1 saturated carbocycles. The standard InChI is InChI=1S/C12H16N2O/c13-10-4-2-9(3-5-10)12(6-1-7-12)8-11(14)15/h2-5H,1,6-8,13H2,(H2,14,15). The molecule has 0 saturated heterocycles. The molecular weight excluding hydrogens is 188 g/mol. The summed E-state index contributed by atoms with van der Waals surface area (Å²) in [6, 6.07) is 7.79. The van der Waals surface area contributed by atoms with Crippen LogP contribution in [0.1, 0.15) is 31.2 Å². The number of hydrogen-bond donors (Lipinski definition) is 2. The van der Waals surface area contributed by atoms with Crippen molar-refractivity contribution in [2.24, 2.45) is 5.73 Å². The maximum atomic E-state index is 11.0. The molecule has 1 fully saturated rings. The number of primary amides is 1. The highest BCUT2D eigenvalue weighted by atomic mass is 16.1. The molecule has 1 amide bonds. The van der Waals surface area contributed by atoms with Gasteiger partial charge in [-0.05, 0) is 30.5 Å². The molecule has 3 heteroatoms. The van der Waals surface area contributed by atoms with E-state index in [1.807, 2.05) is 24.3 Å². The van der Waals surface area contributed by atoms with Gasteiger partial charge in [0.1, 0.15) is 0 Å². The van der Waals surface area contributed by atoms with Gasteiger partial charge in [0.15, 0.2) is 0 Å². The molecule has 2 rings (SSSR count). The monoisotopic (exact) mass is 204 g/mol. The van der Waals surface area contributed by atoms with Crippen molar-refractivity contribution in [2.45, 2.75) is 31.1 Å². The van der Waals surface area contributed by atoms with Gasteiger partial charge in [-0.2, -0.15) is 0 Å². The summed E-state index contributed by atoms with van der Waals surface area (Å²) in [7, 11) is 0. The molecule has 1 aliphatic carbocycles. The van der Waals surface area contributed by atoms with Crippen molar-refractivity contribution >= 4 is 11.6 Å². The Morgan fingerprint density at radius 1 is 1.27 bits per heavy atom. The van der Waals surface area contributed by atoms with E-state index in [1.165, 1.54) is 12.0 Å². The molecule has 0 atom stereocenters. The van der Waals surface area contributed by atoms with Crippen LogP contribution in [0.3, 0.4) is 0 Å². The zero-order chi connectivity index (χ0) is 10.9. The third kappa shape index (κ3) is 1.82. The van der Waals surface area contributed by atoms with Gasteiger partial charge < -0.3 is 11.5 Å². The first-order valence-corrected chi connectivity index (χ1v) is 5.27. The van der Waals surface area contributed by atoms with E-state index in [9.17, 15) is 4.79 Å². The van der Waals surface area contributed by atoms with E-state index < -0.39 is 0 Å². The molecule has 0 radical (unpaired) electrons. The maximum Gasteiger partial charge on any atom is 0.218 e. The van der Waals surface area contributed by atoms with Crippen molar-refractivity contribution in [3.8, 4) is 0 Å². The third-order valence-corrected chi connectivity index (χ3v) is 3.35. The number of benzene rings is 1. The first-order chi connectivity index (χ1) is 7.12. The van der Waals surface area contributed by atoms with Gasteiger partial charge in [-0.15, -0.1) is 0 Å². The van der Waals surface area contributed by atoms with Crippen molar-refractivity contribution in [3.05, 3.63) is 29.8 Å². The van der Waals surface area contributed by atoms with Crippen LogP contribution in [-0.2, 0) is 10.2 Å². The molecule has 0 aliphatic heterocycles. The summed E-state index contributed by atoms with van der Waals surface area (Å²) in [5, 5.41) is 0. The Balaban J connectivity index is 2.26. The van der Waals surface area contributed by atoms with Gasteiger partial charge in [0.2, 0.25) is 5.91 Å². The lowest BCUT2D eigenvalue weighted by Crippen LogP contribution is -2.38. The highest BCUT2D eigenvalue weighted by molar-refractivity contribution is 5.76. The van der Waals surface area contributed by atoms with E-state index >= 15 is 0 Å². The van der Waals surface area contributed by atoms with Gasteiger partial charge >= 0.3 is 0 Å². The molecule has 3 nitrogen and oxygen atoms in total. The first-order valence-electron chi connectivity index (χ1n) is 5.27. The van der Waals surface area contributed by atoms with Gasteiger partial charge in [0.05, 0.1) is 0 Å². The number of rotatable bonds is 3. The molecular formula is C12H16N2O. The van der Waals surface area contributed by atoms with Gasteiger partial charge in [0.25, 0.3) is 0 Å². The lowest BCUT2D eigenvalue weighted by Gasteiger charge is -2.41. The molecule has 4 N–H and O–H groups in total. The Labute approximate surface area is 89.5 Å². The summed E-state index contributed by atoms with van der Waals surface area (Å²) < 4.78 is 0. The summed E-state index contributed by atoms with van der Waals surface area (Å²) in [6.07, 6.45) is 3.74. The highest BCUT2D eigenvalue weighted by Gasteiger charge is 2.39. The van der Waals surface area contributed by atoms with Gasteiger partial charge in [0, 0.05) is 17.5 Å². The second-order valence-electron chi connectivity index (χ2n) is 4.40. The Kier molecular flexibility index (Phi) is 2.39. The van der Waals surface area contributed by atoms with Crippen LogP contribution in [0.15, 0.2) is 24.3 Å².